The number of nitrogens with zero attached hydrogens (tertiary/aromatic N) is 2. The number of nitrogens with one attached hydrogen (secondary N) is 1. The Morgan fingerprint density at radius 2 is 1.83 bits per heavy atom. The lowest BCUT2D eigenvalue weighted by molar-refractivity contribution is 0.0945. The maximum Gasteiger partial charge on any atom is 0.264 e. The highest BCUT2D eigenvalue weighted by Gasteiger charge is 2.21. The van der Waals surface area contributed by atoms with Gasteiger partial charge in [0.15, 0.2) is 0 Å². The number of benzene rings is 1. The fraction of sp³-hybridized carbons (Fsp3) is 0.167. The number of pyridine rings is 1. The summed E-state index contributed by atoms with van der Waals surface area (Å²) in [6.45, 7) is 3.76. The molecule has 0 unspecified atom stereocenters. The maximum absolute atomic E-state index is 12.7. The van der Waals surface area contributed by atoms with Gasteiger partial charge in [-0.2, -0.15) is 0 Å². The van der Waals surface area contributed by atoms with E-state index in [4.69, 9.17) is 0 Å². The molecule has 0 fully saturated rings. The van der Waals surface area contributed by atoms with Gasteiger partial charge in [0.1, 0.15) is 4.88 Å². The largest absolute Gasteiger partial charge is 0.339 e. The first-order chi connectivity index (χ1) is 11.1. The quantitative estimate of drug-likeness (QED) is 0.797. The number of aromatic nitrogens is 2. The molecule has 5 heteroatoms. The van der Waals surface area contributed by atoms with Crippen molar-refractivity contribution in [1.82, 2.24) is 15.3 Å². The van der Waals surface area contributed by atoms with E-state index in [-0.39, 0.29) is 11.9 Å². The van der Waals surface area contributed by atoms with E-state index in [0.29, 0.717) is 4.88 Å². The standard InChI is InChI=1S/C18H17N3OS/c1-12-17(23-13(2)20-12)18(22)21-16(14-8-4-3-5-9-14)15-10-6-7-11-19-15/h3-11,16H,1-2H3,(H,21,22)/t16-/m1/s1. The summed E-state index contributed by atoms with van der Waals surface area (Å²) in [5, 5.41) is 3.98. The van der Waals surface area contributed by atoms with Crippen molar-refractivity contribution in [2.45, 2.75) is 19.9 Å². The second-order valence-corrected chi connectivity index (χ2v) is 6.42. The van der Waals surface area contributed by atoms with Crippen molar-refractivity contribution in [3.8, 4) is 0 Å². The lowest BCUT2D eigenvalue weighted by Crippen LogP contribution is -2.29. The molecule has 1 N–H and O–H groups in total. The highest BCUT2D eigenvalue weighted by molar-refractivity contribution is 7.13. The van der Waals surface area contributed by atoms with Crippen LogP contribution in [0.2, 0.25) is 0 Å². The van der Waals surface area contributed by atoms with Gasteiger partial charge in [0.25, 0.3) is 5.91 Å². The SMILES string of the molecule is Cc1nc(C)c(C(=O)N[C@H](c2ccccc2)c2ccccn2)s1. The van der Waals surface area contributed by atoms with Crippen LogP contribution in [0, 0.1) is 13.8 Å². The van der Waals surface area contributed by atoms with Crippen LogP contribution in [0.15, 0.2) is 54.7 Å². The van der Waals surface area contributed by atoms with Crippen LogP contribution < -0.4 is 5.32 Å². The van der Waals surface area contributed by atoms with Crippen molar-refractivity contribution in [1.29, 1.82) is 0 Å². The van der Waals surface area contributed by atoms with Gasteiger partial charge in [0.2, 0.25) is 0 Å². The van der Waals surface area contributed by atoms with Gasteiger partial charge in [-0.15, -0.1) is 11.3 Å². The zero-order chi connectivity index (χ0) is 16.2. The second kappa shape index (κ2) is 6.71. The van der Waals surface area contributed by atoms with Crippen molar-refractivity contribution in [3.05, 3.63) is 81.6 Å². The summed E-state index contributed by atoms with van der Waals surface area (Å²) in [5.74, 6) is -0.118. The third kappa shape index (κ3) is 3.46. The Morgan fingerprint density at radius 3 is 2.43 bits per heavy atom. The normalized spacial score (nSPS) is 11.9. The van der Waals surface area contributed by atoms with Crippen LogP contribution in [0.5, 0.6) is 0 Å². The van der Waals surface area contributed by atoms with E-state index < -0.39 is 0 Å². The number of rotatable bonds is 4. The number of hydrogen-bond donors (Lipinski definition) is 1. The van der Waals surface area contributed by atoms with Crippen molar-refractivity contribution in [2.75, 3.05) is 0 Å². The lowest BCUT2D eigenvalue weighted by atomic mass is 10.0. The van der Waals surface area contributed by atoms with Gasteiger partial charge in [-0.05, 0) is 31.5 Å². The first kappa shape index (κ1) is 15.4. The minimum Gasteiger partial charge on any atom is -0.339 e. The summed E-state index contributed by atoms with van der Waals surface area (Å²) < 4.78 is 0. The number of aryl methyl sites for hydroxylation is 2. The van der Waals surface area contributed by atoms with Crippen LogP contribution in [0.4, 0.5) is 0 Å². The molecule has 2 heterocycles. The summed E-state index contributed by atoms with van der Waals surface area (Å²) in [5.41, 5.74) is 2.57. The van der Waals surface area contributed by atoms with Crippen LogP contribution in [0.1, 0.15) is 37.7 Å². The van der Waals surface area contributed by atoms with Crippen molar-refractivity contribution >= 4 is 17.2 Å². The zero-order valence-corrected chi connectivity index (χ0v) is 13.8. The first-order valence-electron chi connectivity index (χ1n) is 7.36. The van der Waals surface area contributed by atoms with Crippen molar-refractivity contribution < 1.29 is 4.79 Å². The molecule has 0 spiro atoms. The van der Waals surface area contributed by atoms with E-state index in [1.165, 1.54) is 11.3 Å². The number of amides is 1. The average Bonchev–Trinajstić information content (AvgIpc) is 2.92. The minimum absolute atomic E-state index is 0.118. The van der Waals surface area contributed by atoms with Gasteiger partial charge < -0.3 is 5.32 Å². The Labute approximate surface area is 139 Å². The fourth-order valence-electron chi connectivity index (χ4n) is 2.46. The van der Waals surface area contributed by atoms with Gasteiger partial charge in [-0.25, -0.2) is 4.98 Å². The molecule has 0 saturated heterocycles. The van der Waals surface area contributed by atoms with E-state index in [9.17, 15) is 4.79 Å². The van der Waals surface area contributed by atoms with Crippen LogP contribution in [0.3, 0.4) is 0 Å². The highest BCUT2D eigenvalue weighted by atomic mass is 32.1. The van der Waals surface area contributed by atoms with E-state index in [2.05, 4.69) is 15.3 Å². The van der Waals surface area contributed by atoms with E-state index in [1.807, 2.05) is 62.4 Å². The van der Waals surface area contributed by atoms with Gasteiger partial charge in [0, 0.05) is 6.20 Å². The zero-order valence-electron chi connectivity index (χ0n) is 13.0. The molecule has 0 saturated carbocycles. The van der Waals surface area contributed by atoms with Crippen LogP contribution in [-0.2, 0) is 0 Å². The first-order valence-corrected chi connectivity index (χ1v) is 8.17. The predicted molar refractivity (Wildman–Crippen MR) is 91.6 cm³/mol. The van der Waals surface area contributed by atoms with Crippen LogP contribution >= 0.6 is 11.3 Å². The second-order valence-electron chi connectivity index (χ2n) is 5.22. The van der Waals surface area contributed by atoms with Crippen molar-refractivity contribution in [2.24, 2.45) is 0 Å². The van der Waals surface area contributed by atoms with Gasteiger partial charge in [0.05, 0.1) is 22.4 Å². The van der Waals surface area contributed by atoms with E-state index in [0.717, 1.165) is 22.0 Å². The molecule has 2 aromatic heterocycles. The maximum atomic E-state index is 12.7. The molecule has 0 radical (unpaired) electrons. The molecule has 23 heavy (non-hydrogen) atoms. The monoisotopic (exact) mass is 323 g/mol. The summed E-state index contributed by atoms with van der Waals surface area (Å²) in [4.78, 5) is 22.0. The predicted octanol–water partition coefficient (Wildman–Crippen LogP) is 3.67. The summed E-state index contributed by atoms with van der Waals surface area (Å²) in [7, 11) is 0. The molecule has 3 rings (SSSR count). The lowest BCUT2D eigenvalue weighted by Gasteiger charge is -2.18. The highest BCUT2D eigenvalue weighted by Crippen LogP contribution is 2.23. The Balaban J connectivity index is 1.93. The van der Waals surface area contributed by atoms with E-state index in [1.54, 1.807) is 6.20 Å². The Bertz CT molecular complexity index is 760. The topological polar surface area (TPSA) is 54.9 Å². The fourth-order valence-corrected chi connectivity index (χ4v) is 3.28. The van der Waals surface area contributed by atoms with Crippen LogP contribution in [0.25, 0.3) is 0 Å². The number of carbonyl (C=O) groups excluding carboxylic acids is 1. The third-order valence-electron chi connectivity index (χ3n) is 3.50. The Morgan fingerprint density at radius 1 is 1.09 bits per heavy atom. The smallest absolute Gasteiger partial charge is 0.264 e. The Hall–Kier alpha value is -2.53. The van der Waals surface area contributed by atoms with Crippen LogP contribution in [-0.4, -0.2) is 15.9 Å². The molecule has 116 valence electrons. The molecule has 1 atom stereocenters. The van der Waals surface area contributed by atoms with Gasteiger partial charge in [-0.3, -0.25) is 9.78 Å². The molecule has 0 aliphatic carbocycles. The number of carbonyl (C=O) groups is 1. The van der Waals surface area contributed by atoms with Crippen molar-refractivity contribution in [3.63, 3.8) is 0 Å². The molecule has 4 nitrogen and oxygen atoms in total. The molecule has 0 aliphatic heterocycles. The molecule has 0 bridgehead atoms. The number of thiazole rings is 1. The molecule has 0 aliphatic rings. The molecular weight excluding hydrogens is 306 g/mol. The molecule has 1 aromatic carbocycles. The summed E-state index contributed by atoms with van der Waals surface area (Å²) in [6, 6.07) is 15.3. The minimum atomic E-state index is -0.285. The summed E-state index contributed by atoms with van der Waals surface area (Å²) >= 11 is 1.41. The molecule has 1 amide bonds. The van der Waals surface area contributed by atoms with Gasteiger partial charge in [-0.1, -0.05) is 36.4 Å². The third-order valence-corrected chi connectivity index (χ3v) is 4.57. The summed E-state index contributed by atoms with van der Waals surface area (Å²) in [6.07, 6.45) is 1.74. The number of hydrogen-bond acceptors (Lipinski definition) is 4. The Kier molecular flexibility index (Phi) is 4.48. The molecular formula is C18H17N3OS. The average molecular weight is 323 g/mol. The molecule has 3 aromatic rings. The van der Waals surface area contributed by atoms with Gasteiger partial charge >= 0.3 is 0 Å². The van der Waals surface area contributed by atoms with E-state index >= 15 is 0 Å².